The SMILES string of the molecule is COc1ccc(CNc2ncnc3c2c2c(n3C(C)C)CNC(=O)c3cc(C(=O)NCC4CC4)ccc3-2)c(OC)c1. The summed E-state index contributed by atoms with van der Waals surface area (Å²) in [7, 11) is 3.25. The molecule has 0 radical (unpaired) electrons. The highest BCUT2D eigenvalue weighted by atomic mass is 16.5. The highest BCUT2D eigenvalue weighted by Crippen LogP contribution is 2.42. The average Bonchev–Trinajstić information content (AvgIpc) is 3.78. The lowest BCUT2D eigenvalue weighted by Crippen LogP contribution is -2.26. The van der Waals surface area contributed by atoms with E-state index in [1.54, 1.807) is 32.7 Å². The van der Waals surface area contributed by atoms with Crippen molar-refractivity contribution in [2.75, 3.05) is 26.1 Å². The molecule has 1 fully saturated rings. The molecule has 1 aliphatic heterocycles. The van der Waals surface area contributed by atoms with E-state index in [4.69, 9.17) is 9.47 Å². The van der Waals surface area contributed by atoms with E-state index in [0.717, 1.165) is 46.3 Å². The van der Waals surface area contributed by atoms with Crippen LogP contribution in [0.1, 0.15) is 64.7 Å². The molecule has 2 aliphatic rings. The molecule has 1 saturated carbocycles. The molecule has 0 spiro atoms. The van der Waals surface area contributed by atoms with Crippen LogP contribution >= 0.6 is 0 Å². The smallest absolute Gasteiger partial charge is 0.252 e. The van der Waals surface area contributed by atoms with Crippen LogP contribution in [0.4, 0.5) is 5.82 Å². The molecule has 10 heteroatoms. The Labute approximate surface area is 238 Å². The molecule has 0 atom stereocenters. The maximum Gasteiger partial charge on any atom is 0.252 e. The third-order valence-corrected chi connectivity index (χ3v) is 7.80. The molecule has 2 amide bonds. The number of aromatic nitrogens is 3. The van der Waals surface area contributed by atoms with Gasteiger partial charge in [-0.2, -0.15) is 0 Å². The van der Waals surface area contributed by atoms with Crippen LogP contribution in [-0.2, 0) is 13.1 Å². The third kappa shape index (κ3) is 4.94. The Morgan fingerprint density at radius 1 is 1.10 bits per heavy atom. The van der Waals surface area contributed by atoms with Gasteiger partial charge in [-0.3, -0.25) is 9.59 Å². The van der Waals surface area contributed by atoms with Crippen LogP contribution < -0.4 is 25.4 Å². The lowest BCUT2D eigenvalue weighted by molar-refractivity contribution is 0.0951. The first-order valence-corrected chi connectivity index (χ1v) is 13.9. The molecular weight excluding hydrogens is 520 g/mol. The lowest BCUT2D eigenvalue weighted by Gasteiger charge is -2.14. The van der Waals surface area contributed by atoms with Crippen molar-refractivity contribution in [3.05, 3.63) is 65.1 Å². The summed E-state index contributed by atoms with van der Waals surface area (Å²) >= 11 is 0. The Kier molecular flexibility index (Phi) is 6.98. The summed E-state index contributed by atoms with van der Waals surface area (Å²) in [5.74, 6) is 2.25. The molecule has 10 nitrogen and oxygen atoms in total. The van der Waals surface area contributed by atoms with Gasteiger partial charge in [-0.15, -0.1) is 0 Å². The van der Waals surface area contributed by atoms with Crippen LogP contribution in [-0.4, -0.2) is 47.1 Å². The van der Waals surface area contributed by atoms with Gasteiger partial charge < -0.3 is 30.0 Å². The molecule has 0 unspecified atom stereocenters. The van der Waals surface area contributed by atoms with E-state index in [2.05, 4.69) is 44.3 Å². The molecule has 1 aliphatic carbocycles. The van der Waals surface area contributed by atoms with Crippen LogP contribution in [0.3, 0.4) is 0 Å². The average molecular weight is 555 g/mol. The van der Waals surface area contributed by atoms with Gasteiger partial charge in [0.1, 0.15) is 29.3 Å². The fourth-order valence-corrected chi connectivity index (χ4v) is 5.52. The van der Waals surface area contributed by atoms with Gasteiger partial charge in [0.15, 0.2) is 0 Å². The number of hydrogen-bond acceptors (Lipinski definition) is 7. The summed E-state index contributed by atoms with van der Waals surface area (Å²) in [5, 5.41) is 10.4. The molecule has 0 bridgehead atoms. The first-order chi connectivity index (χ1) is 19.9. The number of amides is 2. The molecule has 212 valence electrons. The first-order valence-electron chi connectivity index (χ1n) is 13.9. The Morgan fingerprint density at radius 2 is 1.93 bits per heavy atom. The van der Waals surface area contributed by atoms with E-state index in [0.29, 0.717) is 54.0 Å². The van der Waals surface area contributed by atoms with Gasteiger partial charge >= 0.3 is 0 Å². The van der Waals surface area contributed by atoms with Crippen LogP contribution in [0.2, 0.25) is 0 Å². The number of hydrogen-bond donors (Lipinski definition) is 3. The van der Waals surface area contributed by atoms with E-state index < -0.39 is 0 Å². The Morgan fingerprint density at radius 3 is 2.66 bits per heavy atom. The summed E-state index contributed by atoms with van der Waals surface area (Å²) in [5.41, 5.74) is 5.22. The van der Waals surface area contributed by atoms with Crippen molar-refractivity contribution in [1.82, 2.24) is 25.2 Å². The van der Waals surface area contributed by atoms with Crippen molar-refractivity contribution in [2.45, 2.75) is 45.8 Å². The molecule has 3 heterocycles. The molecule has 4 aromatic rings. The van der Waals surface area contributed by atoms with Gasteiger partial charge in [0.25, 0.3) is 11.8 Å². The molecule has 2 aromatic carbocycles. The number of fused-ring (bicyclic) bond motifs is 5. The maximum absolute atomic E-state index is 13.3. The molecule has 0 saturated heterocycles. The standard InChI is InChI=1S/C31H34N6O4/c1-17(2)37-24-15-34-31(39)23-11-19(30(38)33-13-18-5-6-18)8-10-22(23)26(24)27-28(35-16-36-29(27)37)32-14-20-7-9-21(40-3)12-25(20)41-4/h7-12,16-18H,5-6,13-15H2,1-4H3,(H,33,38)(H,34,39)(H,32,35,36). The van der Waals surface area contributed by atoms with Crippen molar-refractivity contribution >= 4 is 28.7 Å². The van der Waals surface area contributed by atoms with Crippen LogP contribution in [0.5, 0.6) is 11.5 Å². The maximum atomic E-state index is 13.3. The van der Waals surface area contributed by atoms with Crippen LogP contribution in [0.25, 0.3) is 22.2 Å². The summed E-state index contributed by atoms with van der Waals surface area (Å²) < 4.78 is 13.1. The minimum Gasteiger partial charge on any atom is -0.497 e. The predicted octanol–water partition coefficient (Wildman–Crippen LogP) is 4.69. The second kappa shape index (κ2) is 10.8. The monoisotopic (exact) mass is 554 g/mol. The Hall–Kier alpha value is -4.60. The van der Waals surface area contributed by atoms with Gasteiger partial charge in [0, 0.05) is 53.1 Å². The molecule has 3 N–H and O–H groups in total. The highest BCUT2D eigenvalue weighted by molar-refractivity contribution is 6.11. The van der Waals surface area contributed by atoms with E-state index in [1.165, 1.54) is 0 Å². The summed E-state index contributed by atoms with van der Waals surface area (Å²) in [6.45, 7) is 5.63. The number of anilines is 1. The van der Waals surface area contributed by atoms with Crippen LogP contribution in [0, 0.1) is 5.92 Å². The lowest BCUT2D eigenvalue weighted by atomic mass is 9.95. The minimum atomic E-state index is -0.217. The minimum absolute atomic E-state index is 0.0802. The van der Waals surface area contributed by atoms with Gasteiger partial charge in [-0.05, 0) is 62.4 Å². The predicted molar refractivity (Wildman–Crippen MR) is 156 cm³/mol. The number of benzene rings is 2. The number of nitrogens with zero attached hydrogens (tertiary/aromatic N) is 3. The van der Waals surface area contributed by atoms with Crippen molar-refractivity contribution in [3.8, 4) is 22.6 Å². The van der Waals surface area contributed by atoms with E-state index in [-0.39, 0.29) is 17.9 Å². The van der Waals surface area contributed by atoms with E-state index in [9.17, 15) is 9.59 Å². The zero-order chi connectivity index (χ0) is 28.7. The third-order valence-electron chi connectivity index (χ3n) is 7.80. The quantitative estimate of drug-likeness (QED) is 0.275. The van der Waals surface area contributed by atoms with Gasteiger partial charge in [-0.1, -0.05) is 6.07 Å². The second-order valence-corrected chi connectivity index (χ2v) is 10.8. The number of carbonyl (C=O) groups excluding carboxylic acids is 2. The van der Waals surface area contributed by atoms with Crippen molar-refractivity contribution in [3.63, 3.8) is 0 Å². The summed E-state index contributed by atoms with van der Waals surface area (Å²) in [6, 6.07) is 11.1. The first kappa shape index (κ1) is 26.6. The number of ether oxygens (including phenoxy) is 2. The summed E-state index contributed by atoms with van der Waals surface area (Å²) in [6.07, 6.45) is 3.86. The Balaban J connectivity index is 1.45. The number of rotatable bonds is 9. The van der Waals surface area contributed by atoms with E-state index in [1.807, 2.05) is 24.3 Å². The largest absolute Gasteiger partial charge is 0.497 e. The normalized spacial score (nSPS) is 14.2. The zero-order valence-corrected chi connectivity index (χ0v) is 23.7. The zero-order valence-electron chi connectivity index (χ0n) is 23.7. The van der Waals surface area contributed by atoms with Crippen molar-refractivity contribution in [2.24, 2.45) is 5.92 Å². The number of nitrogens with one attached hydrogen (secondary N) is 3. The molecule has 41 heavy (non-hydrogen) atoms. The van der Waals surface area contributed by atoms with Crippen LogP contribution in [0.15, 0.2) is 42.7 Å². The highest BCUT2D eigenvalue weighted by Gasteiger charge is 2.30. The van der Waals surface area contributed by atoms with Gasteiger partial charge in [0.2, 0.25) is 0 Å². The Bertz CT molecular complexity index is 1660. The second-order valence-electron chi connectivity index (χ2n) is 10.8. The van der Waals surface area contributed by atoms with Crippen molar-refractivity contribution < 1.29 is 19.1 Å². The van der Waals surface area contributed by atoms with Crippen molar-refractivity contribution in [1.29, 1.82) is 0 Å². The van der Waals surface area contributed by atoms with Gasteiger partial charge in [0.05, 0.1) is 26.2 Å². The molecule has 2 aromatic heterocycles. The fourth-order valence-electron chi connectivity index (χ4n) is 5.52. The fraction of sp³-hybridized carbons (Fsp3) is 0.355. The van der Waals surface area contributed by atoms with E-state index >= 15 is 0 Å². The molecular formula is C31H34N6O4. The molecule has 6 rings (SSSR count). The van der Waals surface area contributed by atoms with Gasteiger partial charge in [-0.25, -0.2) is 9.97 Å². The number of carbonyl (C=O) groups is 2. The topological polar surface area (TPSA) is 119 Å². The number of methoxy groups -OCH3 is 2. The summed E-state index contributed by atoms with van der Waals surface area (Å²) in [4.78, 5) is 35.5.